The molecule has 3 atom stereocenters. The SMILES string of the molecule is COc1ccc(C2=COC3CC(OCCN4CCN(c5ccccc5F)CC4)CCC3C2=O)cc1. The minimum absolute atomic E-state index is 0.108. The van der Waals surface area contributed by atoms with E-state index in [0.717, 1.165) is 63.3 Å². The second-order valence-corrected chi connectivity index (χ2v) is 9.49. The Kier molecular flexibility index (Phi) is 7.35. The second kappa shape index (κ2) is 10.8. The van der Waals surface area contributed by atoms with Crippen molar-refractivity contribution in [2.45, 2.75) is 31.5 Å². The average Bonchev–Trinajstić information content (AvgIpc) is 2.90. The summed E-state index contributed by atoms with van der Waals surface area (Å²) in [5, 5.41) is 0. The molecule has 2 fully saturated rings. The van der Waals surface area contributed by atoms with Crippen molar-refractivity contribution in [1.82, 2.24) is 4.90 Å². The molecule has 2 aromatic carbocycles. The molecular formula is C28H33FN2O4. The van der Waals surface area contributed by atoms with Gasteiger partial charge in [-0.1, -0.05) is 24.3 Å². The van der Waals surface area contributed by atoms with Gasteiger partial charge >= 0.3 is 0 Å². The minimum atomic E-state index is -0.158. The highest BCUT2D eigenvalue weighted by Crippen LogP contribution is 2.37. The van der Waals surface area contributed by atoms with Crippen LogP contribution in [0.2, 0.25) is 0 Å². The number of benzene rings is 2. The molecule has 0 N–H and O–H groups in total. The Bertz CT molecular complexity index is 1050. The van der Waals surface area contributed by atoms with Crippen LogP contribution in [0, 0.1) is 11.7 Å². The summed E-state index contributed by atoms with van der Waals surface area (Å²) in [6, 6.07) is 14.5. The second-order valence-electron chi connectivity index (χ2n) is 9.49. The van der Waals surface area contributed by atoms with E-state index in [4.69, 9.17) is 14.2 Å². The Morgan fingerprint density at radius 2 is 1.80 bits per heavy atom. The minimum Gasteiger partial charge on any atom is -0.497 e. The summed E-state index contributed by atoms with van der Waals surface area (Å²) in [5.41, 5.74) is 2.19. The van der Waals surface area contributed by atoms with Gasteiger partial charge in [-0.05, 0) is 42.7 Å². The number of nitrogens with zero attached hydrogens (tertiary/aromatic N) is 2. The first-order valence-electron chi connectivity index (χ1n) is 12.5. The van der Waals surface area contributed by atoms with Gasteiger partial charge in [0, 0.05) is 39.1 Å². The summed E-state index contributed by atoms with van der Waals surface area (Å²) in [5.74, 6) is 0.663. The van der Waals surface area contributed by atoms with Crippen molar-refractivity contribution in [2.75, 3.05) is 51.3 Å². The van der Waals surface area contributed by atoms with Crippen LogP contribution in [0.5, 0.6) is 5.75 Å². The molecule has 5 rings (SSSR count). The summed E-state index contributed by atoms with van der Waals surface area (Å²) in [6.45, 7) is 4.92. The van der Waals surface area contributed by atoms with E-state index in [1.165, 1.54) is 6.07 Å². The van der Waals surface area contributed by atoms with Crippen LogP contribution >= 0.6 is 0 Å². The number of piperazine rings is 1. The van der Waals surface area contributed by atoms with E-state index in [9.17, 15) is 9.18 Å². The molecule has 35 heavy (non-hydrogen) atoms. The van der Waals surface area contributed by atoms with Crippen molar-refractivity contribution in [3.63, 3.8) is 0 Å². The van der Waals surface area contributed by atoms with E-state index in [0.29, 0.717) is 17.9 Å². The number of halogens is 1. The van der Waals surface area contributed by atoms with Gasteiger partial charge in [-0.15, -0.1) is 0 Å². The van der Waals surface area contributed by atoms with Gasteiger partial charge in [0.25, 0.3) is 0 Å². The summed E-state index contributed by atoms with van der Waals surface area (Å²) in [7, 11) is 1.63. The van der Waals surface area contributed by atoms with Crippen LogP contribution in [0.25, 0.3) is 5.57 Å². The molecule has 0 radical (unpaired) electrons. The van der Waals surface area contributed by atoms with Crippen LogP contribution in [0.1, 0.15) is 24.8 Å². The van der Waals surface area contributed by atoms with Crippen molar-refractivity contribution in [3.05, 3.63) is 66.2 Å². The number of Topliss-reactive ketones (excluding diaryl/α,β-unsaturated/α-hetero) is 1. The molecule has 0 bridgehead atoms. The van der Waals surface area contributed by atoms with Crippen LogP contribution in [0.3, 0.4) is 0 Å². The Balaban J connectivity index is 1.07. The fourth-order valence-corrected chi connectivity index (χ4v) is 5.36. The molecular weight excluding hydrogens is 447 g/mol. The number of methoxy groups -OCH3 is 1. The predicted octanol–water partition coefficient (Wildman–Crippen LogP) is 4.15. The third-order valence-corrected chi connectivity index (χ3v) is 7.43. The van der Waals surface area contributed by atoms with Gasteiger partial charge in [-0.3, -0.25) is 9.69 Å². The van der Waals surface area contributed by atoms with Gasteiger partial charge in [-0.25, -0.2) is 4.39 Å². The van der Waals surface area contributed by atoms with Crippen molar-refractivity contribution >= 4 is 17.0 Å². The van der Waals surface area contributed by atoms with Gasteiger partial charge in [0.15, 0.2) is 5.78 Å². The Morgan fingerprint density at radius 1 is 1.03 bits per heavy atom. The fraction of sp³-hybridized carbons (Fsp3) is 0.464. The molecule has 1 saturated carbocycles. The van der Waals surface area contributed by atoms with Gasteiger partial charge in [0.2, 0.25) is 0 Å². The van der Waals surface area contributed by atoms with Crippen LogP contribution in [0.4, 0.5) is 10.1 Å². The highest BCUT2D eigenvalue weighted by molar-refractivity contribution is 6.22. The van der Waals surface area contributed by atoms with Crippen molar-refractivity contribution in [1.29, 1.82) is 0 Å². The first-order valence-corrected chi connectivity index (χ1v) is 12.5. The normalized spacial score (nSPS) is 25.0. The molecule has 1 saturated heterocycles. The van der Waals surface area contributed by atoms with Gasteiger partial charge in [0.1, 0.15) is 17.7 Å². The number of ketones is 1. The summed E-state index contributed by atoms with van der Waals surface area (Å²) in [4.78, 5) is 17.6. The lowest BCUT2D eigenvalue weighted by Gasteiger charge is -2.38. The molecule has 0 spiro atoms. The lowest BCUT2D eigenvalue weighted by Crippen LogP contribution is -2.48. The maximum Gasteiger partial charge on any atom is 0.173 e. The Hall–Kier alpha value is -2.90. The highest BCUT2D eigenvalue weighted by Gasteiger charge is 2.40. The number of para-hydroxylation sites is 1. The van der Waals surface area contributed by atoms with E-state index in [1.54, 1.807) is 19.4 Å². The number of rotatable bonds is 7. The van der Waals surface area contributed by atoms with Gasteiger partial charge in [0.05, 0.1) is 43.3 Å². The molecule has 6 nitrogen and oxygen atoms in total. The molecule has 2 heterocycles. The lowest BCUT2D eigenvalue weighted by molar-refractivity contribution is -0.128. The number of allylic oxidation sites excluding steroid dienone is 1. The summed E-state index contributed by atoms with van der Waals surface area (Å²) < 4.78 is 31.5. The van der Waals surface area contributed by atoms with Gasteiger partial charge in [-0.2, -0.15) is 0 Å². The Morgan fingerprint density at radius 3 is 2.54 bits per heavy atom. The first kappa shape index (κ1) is 23.8. The zero-order chi connectivity index (χ0) is 24.2. The third kappa shape index (κ3) is 5.36. The number of carbonyl (C=O) groups excluding carboxylic acids is 1. The van der Waals surface area contributed by atoms with Crippen LogP contribution in [0.15, 0.2) is 54.8 Å². The molecule has 186 valence electrons. The quantitative estimate of drug-likeness (QED) is 0.594. The zero-order valence-corrected chi connectivity index (χ0v) is 20.2. The van der Waals surface area contributed by atoms with Crippen LogP contribution < -0.4 is 9.64 Å². The topological polar surface area (TPSA) is 51.2 Å². The maximum atomic E-state index is 14.0. The number of hydrogen-bond acceptors (Lipinski definition) is 6. The molecule has 2 aliphatic heterocycles. The molecule has 1 aliphatic carbocycles. The molecule has 3 unspecified atom stereocenters. The standard InChI is InChI=1S/C28H33FN2O4/c1-33-21-8-6-20(7-9-21)24-19-35-27-18-22(10-11-23(27)28(24)32)34-17-16-30-12-14-31(15-13-30)26-5-3-2-4-25(26)29/h2-9,19,22-23,27H,10-18H2,1H3. The van der Waals surface area contributed by atoms with E-state index in [1.807, 2.05) is 36.4 Å². The van der Waals surface area contributed by atoms with E-state index >= 15 is 0 Å². The maximum absolute atomic E-state index is 14.0. The monoisotopic (exact) mass is 480 g/mol. The average molecular weight is 481 g/mol. The number of hydrogen-bond donors (Lipinski definition) is 0. The largest absolute Gasteiger partial charge is 0.497 e. The number of fused-ring (bicyclic) bond motifs is 1. The molecule has 3 aliphatic rings. The van der Waals surface area contributed by atoms with Crippen molar-refractivity contribution in [3.8, 4) is 5.75 Å². The Labute approximate surface area is 206 Å². The smallest absolute Gasteiger partial charge is 0.173 e. The van der Waals surface area contributed by atoms with Crippen molar-refractivity contribution in [2.24, 2.45) is 5.92 Å². The summed E-state index contributed by atoms with van der Waals surface area (Å²) in [6.07, 6.45) is 4.01. The zero-order valence-electron chi connectivity index (χ0n) is 20.2. The third-order valence-electron chi connectivity index (χ3n) is 7.43. The van der Waals surface area contributed by atoms with Crippen LogP contribution in [-0.4, -0.2) is 69.3 Å². The van der Waals surface area contributed by atoms with Crippen LogP contribution in [-0.2, 0) is 14.3 Å². The van der Waals surface area contributed by atoms with Gasteiger partial charge < -0.3 is 19.1 Å². The number of anilines is 1. The molecule has 0 amide bonds. The molecule has 0 aromatic heterocycles. The predicted molar refractivity (Wildman–Crippen MR) is 133 cm³/mol. The number of ether oxygens (including phenoxy) is 3. The molecule has 7 heteroatoms. The highest BCUT2D eigenvalue weighted by atomic mass is 19.1. The summed E-state index contributed by atoms with van der Waals surface area (Å²) >= 11 is 0. The lowest BCUT2D eigenvalue weighted by atomic mass is 9.78. The molecule has 2 aromatic rings. The van der Waals surface area contributed by atoms with Crippen molar-refractivity contribution < 1.29 is 23.4 Å². The van der Waals surface area contributed by atoms with E-state index in [2.05, 4.69) is 9.80 Å². The fourth-order valence-electron chi connectivity index (χ4n) is 5.36. The van der Waals surface area contributed by atoms with E-state index < -0.39 is 0 Å². The number of carbonyl (C=O) groups is 1. The first-order chi connectivity index (χ1) is 17.1. The van der Waals surface area contributed by atoms with E-state index in [-0.39, 0.29) is 29.7 Å².